The van der Waals surface area contributed by atoms with Gasteiger partial charge in [0.1, 0.15) is 0 Å². The maximum atomic E-state index is 8.22. The maximum Gasteiger partial charge on any atom is 0.0345 e. The molecule has 1 atom stereocenters. The van der Waals surface area contributed by atoms with Crippen molar-refractivity contribution in [2.24, 2.45) is 5.11 Å². The van der Waals surface area contributed by atoms with E-state index in [9.17, 15) is 0 Å². The number of azide groups is 1. The average molecular weight is 211 g/mol. The third-order valence-electron chi connectivity index (χ3n) is 2.72. The first-order valence-corrected chi connectivity index (χ1v) is 6.35. The van der Waals surface area contributed by atoms with Crippen LogP contribution in [0.2, 0.25) is 0 Å². The molecule has 0 amide bonds. The minimum atomic E-state index is 0.176. The van der Waals surface area contributed by atoms with Crippen LogP contribution in [-0.2, 0) is 0 Å². The first-order valence-electron chi connectivity index (χ1n) is 6.35. The summed E-state index contributed by atoms with van der Waals surface area (Å²) in [7, 11) is 0. The summed E-state index contributed by atoms with van der Waals surface area (Å²) in [6.45, 7) is 4.23. The molecular formula is C12H25N3. The molecular weight excluding hydrogens is 186 g/mol. The Morgan fingerprint density at radius 1 is 1.00 bits per heavy atom. The molecule has 0 fully saturated rings. The topological polar surface area (TPSA) is 48.8 Å². The molecule has 0 aliphatic rings. The summed E-state index contributed by atoms with van der Waals surface area (Å²) in [5.41, 5.74) is 8.22. The summed E-state index contributed by atoms with van der Waals surface area (Å²) in [4.78, 5) is 2.81. The van der Waals surface area contributed by atoms with E-state index >= 15 is 0 Å². The SMILES string of the molecule is CCCCCCCCCCC(C)N=[N+]=[N-]. The number of hydrogen-bond donors (Lipinski definition) is 0. The van der Waals surface area contributed by atoms with Crippen molar-refractivity contribution in [1.29, 1.82) is 0 Å². The zero-order chi connectivity index (χ0) is 11.4. The highest BCUT2D eigenvalue weighted by Crippen LogP contribution is 2.11. The third-order valence-corrected chi connectivity index (χ3v) is 2.72. The lowest BCUT2D eigenvalue weighted by molar-refractivity contribution is 0.540. The Hall–Kier alpha value is -0.690. The molecule has 0 spiro atoms. The molecule has 0 saturated heterocycles. The van der Waals surface area contributed by atoms with Gasteiger partial charge in [-0.25, -0.2) is 0 Å². The van der Waals surface area contributed by atoms with Gasteiger partial charge in [0.25, 0.3) is 0 Å². The maximum absolute atomic E-state index is 8.22. The van der Waals surface area contributed by atoms with E-state index in [0.29, 0.717) is 0 Å². The van der Waals surface area contributed by atoms with Crippen LogP contribution in [0.3, 0.4) is 0 Å². The molecule has 0 N–H and O–H groups in total. The quantitative estimate of drug-likeness (QED) is 0.206. The van der Waals surface area contributed by atoms with Crippen LogP contribution >= 0.6 is 0 Å². The predicted octanol–water partition coefficient (Wildman–Crippen LogP) is 5.22. The van der Waals surface area contributed by atoms with Crippen LogP contribution in [-0.4, -0.2) is 6.04 Å². The molecule has 0 aromatic carbocycles. The van der Waals surface area contributed by atoms with Crippen molar-refractivity contribution >= 4 is 0 Å². The molecule has 0 aliphatic carbocycles. The Morgan fingerprint density at radius 2 is 1.53 bits per heavy atom. The fraction of sp³-hybridized carbons (Fsp3) is 1.00. The van der Waals surface area contributed by atoms with Crippen LogP contribution in [0.25, 0.3) is 10.4 Å². The van der Waals surface area contributed by atoms with Gasteiger partial charge >= 0.3 is 0 Å². The second kappa shape index (κ2) is 11.4. The number of rotatable bonds is 10. The van der Waals surface area contributed by atoms with Crippen molar-refractivity contribution in [3.05, 3.63) is 10.4 Å². The lowest BCUT2D eigenvalue weighted by Crippen LogP contribution is -1.95. The van der Waals surface area contributed by atoms with Crippen molar-refractivity contribution in [2.45, 2.75) is 77.7 Å². The van der Waals surface area contributed by atoms with Crippen molar-refractivity contribution in [1.82, 2.24) is 0 Å². The number of hydrogen-bond acceptors (Lipinski definition) is 1. The van der Waals surface area contributed by atoms with Crippen molar-refractivity contribution in [3.63, 3.8) is 0 Å². The molecule has 0 radical (unpaired) electrons. The van der Waals surface area contributed by atoms with E-state index in [4.69, 9.17) is 5.53 Å². The van der Waals surface area contributed by atoms with Gasteiger partial charge in [0.2, 0.25) is 0 Å². The van der Waals surface area contributed by atoms with Crippen molar-refractivity contribution in [3.8, 4) is 0 Å². The highest BCUT2D eigenvalue weighted by atomic mass is 15.1. The van der Waals surface area contributed by atoms with Crippen LogP contribution in [0.15, 0.2) is 5.11 Å². The minimum Gasteiger partial charge on any atom is -0.0909 e. The van der Waals surface area contributed by atoms with Gasteiger partial charge in [0.15, 0.2) is 0 Å². The van der Waals surface area contributed by atoms with Gasteiger partial charge in [0.05, 0.1) is 0 Å². The minimum absolute atomic E-state index is 0.176. The summed E-state index contributed by atoms with van der Waals surface area (Å²) in [5.74, 6) is 0. The van der Waals surface area contributed by atoms with Gasteiger partial charge < -0.3 is 0 Å². The third kappa shape index (κ3) is 11.2. The number of unbranched alkanes of at least 4 members (excludes halogenated alkanes) is 7. The zero-order valence-corrected chi connectivity index (χ0v) is 10.3. The van der Waals surface area contributed by atoms with E-state index in [2.05, 4.69) is 16.9 Å². The van der Waals surface area contributed by atoms with Gasteiger partial charge in [-0.05, 0) is 12.0 Å². The van der Waals surface area contributed by atoms with Crippen LogP contribution in [0, 0.1) is 0 Å². The molecule has 1 unspecified atom stereocenters. The highest BCUT2D eigenvalue weighted by Gasteiger charge is 1.97. The average Bonchev–Trinajstić information content (AvgIpc) is 2.22. The van der Waals surface area contributed by atoms with Gasteiger partial charge in [-0.3, -0.25) is 0 Å². The smallest absolute Gasteiger partial charge is 0.0345 e. The van der Waals surface area contributed by atoms with E-state index < -0.39 is 0 Å². The first-order chi connectivity index (χ1) is 7.31. The summed E-state index contributed by atoms with van der Waals surface area (Å²) in [6.07, 6.45) is 11.7. The standard InChI is InChI=1S/C12H25N3/c1-3-4-5-6-7-8-9-10-11-12(2)14-15-13/h12H,3-11H2,1-2H3. The fourth-order valence-corrected chi connectivity index (χ4v) is 1.72. The Balaban J connectivity index is 3.07. The molecule has 0 aromatic rings. The second-order valence-electron chi connectivity index (χ2n) is 4.32. The summed E-state index contributed by atoms with van der Waals surface area (Å²) in [5, 5.41) is 3.66. The highest BCUT2D eigenvalue weighted by molar-refractivity contribution is 4.60. The summed E-state index contributed by atoms with van der Waals surface area (Å²) < 4.78 is 0. The molecule has 88 valence electrons. The molecule has 3 heteroatoms. The lowest BCUT2D eigenvalue weighted by atomic mass is 10.1. The fourth-order valence-electron chi connectivity index (χ4n) is 1.72. The van der Waals surface area contributed by atoms with Gasteiger partial charge in [-0.2, -0.15) is 0 Å². The van der Waals surface area contributed by atoms with E-state index in [0.717, 1.165) is 6.42 Å². The summed E-state index contributed by atoms with van der Waals surface area (Å²) in [6, 6.07) is 0.176. The predicted molar refractivity (Wildman–Crippen MR) is 65.8 cm³/mol. The summed E-state index contributed by atoms with van der Waals surface area (Å²) >= 11 is 0. The molecule has 0 aliphatic heterocycles. The molecule has 0 rings (SSSR count). The van der Waals surface area contributed by atoms with Gasteiger partial charge in [0, 0.05) is 11.0 Å². The molecule has 3 nitrogen and oxygen atoms in total. The Bertz CT molecular complexity index is 174. The van der Waals surface area contributed by atoms with E-state index in [1.54, 1.807) is 0 Å². The van der Waals surface area contributed by atoms with Crippen LogP contribution in [0.1, 0.15) is 71.6 Å². The van der Waals surface area contributed by atoms with E-state index in [1.807, 2.05) is 6.92 Å². The second-order valence-corrected chi connectivity index (χ2v) is 4.32. The first kappa shape index (κ1) is 14.3. The van der Waals surface area contributed by atoms with Crippen molar-refractivity contribution in [2.75, 3.05) is 0 Å². The Morgan fingerprint density at radius 3 is 2.07 bits per heavy atom. The molecule has 0 saturated carbocycles. The van der Waals surface area contributed by atoms with E-state index in [-0.39, 0.29) is 6.04 Å². The Kier molecular flexibility index (Phi) is 10.9. The molecule has 0 aromatic heterocycles. The van der Waals surface area contributed by atoms with Gasteiger partial charge in [-0.15, -0.1) is 0 Å². The molecule has 15 heavy (non-hydrogen) atoms. The Labute approximate surface area is 93.9 Å². The van der Waals surface area contributed by atoms with Crippen LogP contribution < -0.4 is 0 Å². The van der Waals surface area contributed by atoms with Gasteiger partial charge in [-0.1, -0.05) is 70.3 Å². The van der Waals surface area contributed by atoms with Crippen molar-refractivity contribution < 1.29 is 0 Å². The van der Waals surface area contributed by atoms with Crippen LogP contribution in [0.5, 0.6) is 0 Å². The normalized spacial score (nSPS) is 12.1. The monoisotopic (exact) mass is 211 g/mol. The lowest BCUT2D eigenvalue weighted by Gasteiger charge is -2.04. The van der Waals surface area contributed by atoms with Crippen LogP contribution in [0.4, 0.5) is 0 Å². The zero-order valence-electron chi connectivity index (χ0n) is 10.3. The molecule has 0 heterocycles. The molecule has 0 bridgehead atoms. The largest absolute Gasteiger partial charge is 0.0909 e. The van der Waals surface area contributed by atoms with E-state index in [1.165, 1.54) is 51.4 Å². The number of nitrogens with zero attached hydrogens (tertiary/aromatic N) is 3.